The standard InChI is InChI=1S/C15H24/c1-12-7-10-15(11-8-12)13(2)6-5-9-14(15,3)4/h6-7H,5,8-11H2,1-4H3. The zero-order valence-corrected chi connectivity index (χ0v) is 10.7. The van der Waals surface area contributed by atoms with Crippen LogP contribution < -0.4 is 0 Å². The van der Waals surface area contributed by atoms with Gasteiger partial charge in [-0.2, -0.15) is 0 Å². The van der Waals surface area contributed by atoms with E-state index in [0.29, 0.717) is 10.8 Å². The van der Waals surface area contributed by atoms with Crippen LogP contribution in [0.2, 0.25) is 0 Å². The van der Waals surface area contributed by atoms with Crippen molar-refractivity contribution in [2.45, 2.75) is 59.8 Å². The molecular weight excluding hydrogens is 180 g/mol. The fourth-order valence-corrected chi connectivity index (χ4v) is 3.55. The lowest BCUT2D eigenvalue weighted by Gasteiger charge is -2.52. The lowest BCUT2D eigenvalue weighted by Crippen LogP contribution is -2.42. The van der Waals surface area contributed by atoms with Crippen LogP contribution in [0.15, 0.2) is 23.3 Å². The van der Waals surface area contributed by atoms with Crippen molar-refractivity contribution in [2.75, 3.05) is 0 Å². The molecule has 1 spiro atoms. The van der Waals surface area contributed by atoms with E-state index >= 15 is 0 Å². The Labute approximate surface area is 94.5 Å². The Bertz CT molecular complexity index is 317. The summed E-state index contributed by atoms with van der Waals surface area (Å²) in [5.74, 6) is 0. The normalized spacial score (nSPS) is 34.9. The molecule has 0 bridgehead atoms. The molecule has 0 aromatic heterocycles. The lowest BCUT2D eigenvalue weighted by atomic mass is 9.52. The van der Waals surface area contributed by atoms with Gasteiger partial charge in [0.25, 0.3) is 0 Å². The van der Waals surface area contributed by atoms with Crippen LogP contribution in [0.4, 0.5) is 0 Å². The van der Waals surface area contributed by atoms with Crippen LogP contribution in [0.5, 0.6) is 0 Å². The van der Waals surface area contributed by atoms with Crippen LogP contribution in [-0.4, -0.2) is 0 Å². The maximum atomic E-state index is 2.49. The van der Waals surface area contributed by atoms with Gasteiger partial charge in [-0.1, -0.05) is 37.1 Å². The minimum absolute atomic E-state index is 0.477. The molecule has 1 unspecified atom stereocenters. The third-order valence-electron chi connectivity index (χ3n) is 5.02. The quantitative estimate of drug-likeness (QED) is 0.494. The molecule has 0 amide bonds. The van der Waals surface area contributed by atoms with Crippen molar-refractivity contribution in [3.05, 3.63) is 23.3 Å². The first kappa shape index (κ1) is 11.0. The molecule has 0 nitrogen and oxygen atoms in total. The Balaban J connectivity index is 2.39. The molecule has 0 aromatic carbocycles. The summed E-state index contributed by atoms with van der Waals surface area (Å²) in [6.07, 6.45) is 11.5. The maximum absolute atomic E-state index is 2.49. The SMILES string of the molecule is CC1=CCC2(CC1)C(C)=CCCC2(C)C. The molecule has 1 atom stereocenters. The van der Waals surface area contributed by atoms with E-state index in [-0.39, 0.29) is 0 Å². The molecule has 0 aliphatic heterocycles. The van der Waals surface area contributed by atoms with E-state index in [1.54, 1.807) is 11.1 Å². The van der Waals surface area contributed by atoms with Crippen LogP contribution in [0, 0.1) is 10.8 Å². The molecule has 0 radical (unpaired) electrons. The molecule has 0 heterocycles. The van der Waals surface area contributed by atoms with E-state index in [2.05, 4.69) is 39.8 Å². The molecule has 0 saturated carbocycles. The summed E-state index contributed by atoms with van der Waals surface area (Å²) < 4.78 is 0. The second-order valence-corrected chi connectivity index (χ2v) is 6.15. The lowest BCUT2D eigenvalue weighted by molar-refractivity contribution is 0.0750. The third kappa shape index (κ3) is 1.58. The van der Waals surface area contributed by atoms with E-state index in [1.807, 2.05) is 0 Å². The minimum atomic E-state index is 0.477. The van der Waals surface area contributed by atoms with Gasteiger partial charge in [0.2, 0.25) is 0 Å². The summed E-state index contributed by atoms with van der Waals surface area (Å²) in [4.78, 5) is 0. The predicted octanol–water partition coefficient (Wildman–Crippen LogP) is 4.87. The third-order valence-corrected chi connectivity index (χ3v) is 5.02. The molecule has 2 aliphatic carbocycles. The van der Waals surface area contributed by atoms with Gasteiger partial charge < -0.3 is 0 Å². The van der Waals surface area contributed by atoms with Crippen molar-refractivity contribution >= 4 is 0 Å². The maximum Gasteiger partial charge on any atom is -0.000209 e. The molecule has 0 aromatic rings. The average molecular weight is 204 g/mol. The largest absolute Gasteiger partial charge is 0.0850 e. The van der Waals surface area contributed by atoms with E-state index in [9.17, 15) is 0 Å². The molecule has 2 rings (SSSR count). The summed E-state index contributed by atoms with van der Waals surface area (Å²) >= 11 is 0. The number of hydrogen-bond donors (Lipinski definition) is 0. The van der Waals surface area contributed by atoms with Gasteiger partial charge in [-0.3, -0.25) is 0 Å². The van der Waals surface area contributed by atoms with E-state index in [0.717, 1.165) is 0 Å². The van der Waals surface area contributed by atoms with Gasteiger partial charge in [-0.15, -0.1) is 0 Å². The topological polar surface area (TPSA) is 0 Å². The van der Waals surface area contributed by atoms with Crippen LogP contribution in [0.3, 0.4) is 0 Å². The zero-order chi connectivity index (χ0) is 11.1. The summed E-state index contributed by atoms with van der Waals surface area (Å²) in [5, 5.41) is 0. The highest BCUT2D eigenvalue weighted by molar-refractivity contribution is 5.25. The van der Waals surface area contributed by atoms with Gasteiger partial charge in [0.15, 0.2) is 0 Å². The monoisotopic (exact) mass is 204 g/mol. The molecular formula is C15H24. The fraction of sp³-hybridized carbons (Fsp3) is 0.733. The highest BCUT2D eigenvalue weighted by atomic mass is 14.5. The summed E-state index contributed by atoms with van der Waals surface area (Å²) in [6, 6.07) is 0. The highest BCUT2D eigenvalue weighted by Crippen LogP contribution is 2.57. The number of hydrogen-bond acceptors (Lipinski definition) is 0. The van der Waals surface area contributed by atoms with E-state index in [1.165, 1.54) is 32.1 Å². The zero-order valence-electron chi connectivity index (χ0n) is 10.7. The Morgan fingerprint density at radius 2 is 1.80 bits per heavy atom. The molecule has 0 saturated heterocycles. The number of allylic oxidation sites excluding steroid dienone is 4. The van der Waals surface area contributed by atoms with Crippen LogP contribution in [-0.2, 0) is 0 Å². The first-order chi connectivity index (χ1) is 6.98. The van der Waals surface area contributed by atoms with Crippen molar-refractivity contribution in [1.29, 1.82) is 0 Å². The van der Waals surface area contributed by atoms with Crippen LogP contribution in [0.25, 0.3) is 0 Å². The molecule has 15 heavy (non-hydrogen) atoms. The van der Waals surface area contributed by atoms with Gasteiger partial charge >= 0.3 is 0 Å². The molecule has 0 fully saturated rings. The highest BCUT2D eigenvalue weighted by Gasteiger charge is 2.47. The average Bonchev–Trinajstić information content (AvgIpc) is 2.16. The first-order valence-electron chi connectivity index (χ1n) is 6.31. The second-order valence-electron chi connectivity index (χ2n) is 6.15. The van der Waals surface area contributed by atoms with Gasteiger partial charge in [-0.25, -0.2) is 0 Å². The van der Waals surface area contributed by atoms with Gasteiger partial charge in [-0.05, 0) is 56.8 Å². The second kappa shape index (κ2) is 3.50. The van der Waals surface area contributed by atoms with Crippen LogP contribution in [0.1, 0.15) is 59.8 Å². The summed E-state index contributed by atoms with van der Waals surface area (Å²) in [7, 11) is 0. The Morgan fingerprint density at radius 3 is 2.33 bits per heavy atom. The van der Waals surface area contributed by atoms with Crippen molar-refractivity contribution in [1.82, 2.24) is 0 Å². The van der Waals surface area contributed by atoms with Crippen molar-refractivity contribution < 1.29 is 0 Å². The minimum Gasteiger partial charge on any atom is -0.0850 e. The fourth-order valence-electron chi connectivity index (χ4n) is 3.55. The molecule has 84 valence electrons. The smallest absolute Gasteiger partial charge is 0.000209 e. The molecule has 2 aliphatic rings. The van der Waals surface area contributed by atoms with Crippen molar-refractivity contribution in [2.24, 2.45) is 10.8 Å². The Kier molecular flexibility index (Phi) is 2.56. The van der Waals surface area contributed by atoms with Gasteiger partial charge in [0, 0.05) is 0 Å². The van der Waals surface area contributed by atoms with Gasteiger partial charge in [0.1, 0.15) is 0 Å². The molecule has 0 N–H and O–H groups in total. The summed E-state index contributed by atoms with van der Waals surface area (Å²) in [5.41, 5.74) is 4.21. The first-order valence-corrected chi connectivity index (χ1v) is 6.31. The van der Waals surface area contributed by atoms with E-state index < -0.39 is 0 Å². The van der Waals surface area contributed by atoms with E-state index in [4.69, 9.17) is 0 Å². The van der Waals surface area contributed by atoms with Crippen LogP contribution >= 0.6 is 0 Å². The van der Waals surface area contributed by atoms with Crippen molar-refractivity contribution in [3.8, 4) is 0 Å². The Hall–Kier alpha value is -0.520. The van der Waals surface area contributed by atoms with Crippen molar-refractivity contribution in [3.63, 3.8) is 0 Å². The predicted molar refractivity (Wildman–Crippen MR) is 66.8 cm³/mol. The Morgan fingerprint density at radius 1 is 1.07 bits per heavy atom. The summed E-state index contributed by atoms with van der Waals surface area (Å²) in [6.45, 7) is 9.58. The number of rotatable bonds is 0. The molecule has 0 heteroatoms. The van der Waals surface area contributed by atoms with Gasteiger partial charge in [0.05, 0.1) is 0 Å².